The van der Waals surface area contributed by atoms with Gasteiger partial charge in [0.15, 0.2) is 0 Å². The summed E-state index contributed by atoms with van der Waals surface area (Å²) < 4.78 is 8.88. The third kappa shape index (κ3) is 11.0. The fourth-order valence-corrected chi connectivity index (χ4v) is 14.1. The van der Waals surface area contributed by atoms with Gasteiger partial charge in [-0.15, -0.1) is 0 Å². The molecule has 438 valence electrons. The third-order valence-corrected chi connectivity index (χ3v) is 18.9. The molecule has 14 rings (SSSR count). The summed E-state index contributed by atoms with van der Waals surface area (Å²) in [5, 5.41) is 2.44. The van der Waals surface area contributed by atoms with E-state index in [0.717, 1.165) is 64.5 Å². The van der Waals surface area contributed by atoms with Gasteiger partial charge in [0.1, 0.15) is 5.75 Å². The Labute approximate surface area is 531 Å². The molecule has 0 saturated heterocycles. The molecule has 1 aromatic heterocycles. The van der Waals surface area contributed by atoms with Crippen LogP contribution in [0.5, 0.6) is 5.75 Å². The van der Waals surface area contributed by atoms with Gasteiger partial charge in [0.25, 0.3) is 0 Å². The Bertz CT molecular complexity index is 4730. The number of anilines is 3. The summed E-state index contributed by atoms with van der Waals surface area (Å²) in [5.74, 6) is 1.68. The zero-order chi connectivity index (χ0) is 61.3. The quantitative estimate of drug-likeness (QED) is 0.0803. The minimum atomic E-state index is -0.406. The molecule has 0 spiro atoms. The van der Waals surface area contributed by atoms with Crippen molar-refractivity contribution in [2.45, 2.75) is 52.4 Å². The maximum Gasteiger partial charge on any atom is 0.119 e. The van der Waals surface area contributed by atoms with E-state index in [-0.39, 0.29) is 0 Å². The van der Waals surface area contributed by atoms with Crippen molar-refractivity contribution in [1.82, 2.24) is 4.57 Å². The van der Waals surface area contributed by atoms with Gasteiger partial charge in [-0.25, -0.2) is 0 Å². The number of ether oxygens (including phenoxy) is 1. The van der Waals surface area contributed by atoms with Gasteiger partial charge in [-0.3, -0.25) is 0 Å². The SMILES string of the molecule is C=Cc1ccc(-c2ccc(OCC(C)CCC(C)CC3(c4cc(C)ccc4C)c4ccccc4-c4ccc(N(c5ccc(-c6ccccc6)cc5)c5ccc(-c6ccc7c(c6)c6cc(-c8ccc(C=C)cc8)ccc6n7-c6ccccc6)cc5)cc43)cc2)cc1. The molecule has 0 fully saturated rings. The highest BCUT2D eigenvalue weighted by molar-refractivity contribution is 6.11. The molecule has 0 radical (unpaired) electrons. The van der Waals surface area contributed by atoms with Crippen LogP contribution < -0.4 is 9.64 Å². The van der Waals surface area contributed by atoms with Crippen LogP contribution in [-0.4, -0.2) is 11.2 Å². The Morgan fingerprint density at radius 2 is 0.878 bits per heavy atom. The van der Waals surface area contributed by atoms with E-state index in [0.29, 0.717) is 18.4 Å². The normalized spacial score (nSPS) is 14.0. The van der Waals surface area contributed by atoms with E-state index in [4.69, 9.17) is 4.74 Å². The molecule has 0 saturated carbocycles. The molecule has 3 nitrogen and oxygen atoms in total. The number of hydrogen-bond donors (Lipinski definition) is 0. The zero-order valence-corrected chi connectivity index (χ0v) is 51.9. The van der Waals surface area contributed by atoms with Crippen molar-refractivity contribution in [3.05, 3.63) is 331 Å². The standard InChI is InChI=1S/C87H74N2O/c1-7-63-27-31-66(32-28-63)68-39-48-77(49-40-68)90-58-61(5)24-23-60(4)57-87(83-53-59(3)25-26-62(83)6)82-22-16-15-21-78(82)79-50-47-76(56-84(79)87)88(74-43-35-67(36-44-74)65-17-11-9-12-18-65)75-45-37-70(38-46-75)72-42-52-86-81(55-72)80-54-71(69-33-29-64(8-2)30-34-69)41-51-85(80)89(86)73-19-13-10-14-20-73/h7-22,25-56,60-61H,1-2,23-24,57-58H2,3-6H3. The lowest BCUT2D eigenvalue weighted by molar-refractivity contribution is 0.240. The maximum absolute atomic E-state index is 6.48. The lowest BCUT2D eigenvalue weighted by atomic mass is 9.65. The number of hydrogen-bond acceptors (Lipinski definition) is 2. The fourth-order valence-electron chi connectivity index (χ4n) is 14.1. The maximum atomic E-state index is 6.48. The molecule has 90 heavy (non-hydrogen) atoms. The van der Waals surface area contributed by atoms with E-state index in [9.17, 15) is 0 Å². The Hall–Kier alpha value is -10.5. The van der Waals surface area contributed by atoms with Crippen LogP contribution in [0.2, 0.25) is 0 Å². The Balaban J connectivity index is 0.819. The monoisotopic (exact) mass is 1160 g/mol. The van der Waals surface area contributed by atoms with Crippen molar-refractivity contribution >= 4 is 51.0 Å². The van der Waals surface area contributed by atoms with Gasteiger partial charge in [-0.05, 0) is 212 Å². The highest BCUT2D eigenvalue weighted by Crippen LogP contribution is 2.58. The lowest BCUT2D eigenvalue weighted by Crippen LogP contribution is -2.31. The summed E-state index contributed by atoms with van der Waals surface area (Å²) in [6.07, 6.45) is 6.88. The third-order valence-electron chi connectivity index (χ3n) is 18.9. The number of rotatable bonds is 19. The highest BCUT2D eigenvalue weighted by Gasteiger charge is 2.46. The second-order valence-corrected chi connectivity index (χ2v) is 24.9. The first-order valence-electron chi connectivity index (χ1n) is 31.8. The minimum absolute atomic E-state index is 0.377. The molecule has 1 aliphatic carbocycles. The summed E-state index contributed by atoms with van der Waals surface area (Å²) in [4.78, 5) is 2.47. The first-order chi connectivity index (χ1) is 44.1. The van der Waals surface area contributed by atoms with Crippen LogP contribution in [0.4, 0.5) is 17.1 Å². The van der Waals surface area contributed by atoms with Crippen molar-refractivity contribution in [3.63, 3.8) is 0 Å². The van der Waals surface area contributed by atoms with Gasteiger partial charge in [0.2, 0.25) is 0 Å². The van der Waals surface area contributed by atoms with Crippen LogP contribution in [0.1, 0.15) is 72.1 Å². The molecule has 3 heteroatoms. The summed E-state index contributed by atoms with van der Waals surface area (Å²) in [7, 11) is 0. The Kier molecular flexibility index (Phi) is 15.6. The fraction of sp³-hybridized carbons (Fsp3) is 0.126. The number of fused-ring (bicyclic) bond motifs is 6. The molecule has 3 atom stereocenters. The van der Waals surface area contributed by atoms with Gasteiger partial charge in [-0.1, -0.05) is 245 Å². The Morgan fingerprint density at radius 3 is 1.46 bits per heavy atom. The summed E-state index contributed by atoms with van der Waals surface area (Å²) in [6, 6.07) is 103. The van der Waals surface area contributed by atoms with Gasteiger partial charge in [-0.2, -0.15) is 0 Å². The van der Waals surface area contributed by atoms with E-state index < -0.39 is 5.41 Å². The molecule has 0 aliphatic heterocycles. The molecule has 0 amide bonds. The van der Waals surface area contributed by atoms with Crippen molar-refractivity contribution in [3.8, 4) is 67.1 Å². The number of aryl methyl sites for hydroxylation is 2. The van der Waals surface area contributed by atoms with E-state index in [2.05, 4.69) is 329 Å². The molecule has 13 aromatic rings. The molecule has 1 aliphatic rings. The van der Waals surface area contributed by atoms with Crippen molar-refractivity contribution in [2.24, 2.45) is 11.8 Å². The summed E-state index contributed by atoms with van der Waals surface area (Å²) in [6.45, 7) is 18.0. The van der Waals surface area contributed by atoms with Crippen molar-refractivity contribution < 1.29 is 4.74 Å². The number of para-hydroxylation sites is 1. The molecular formula is C87H74N2O. The van der Waals surface area contributed by atoms with Crippen LogP contribution in [-0.2, 0) is 5.41 Å². The first kappa shape index (κ1) is 57.3. The second kappa shape index (κ2) is 24.6. The second-order valence-electron chi connectivity index (χ2n) is 24.9. The number of aromatic nitrogens is 1. The molecular weight excluding hydrogens is 1090 g/mol. The lowest BCUT2D eigenvalue weighted by Gasteiger charge is -2.38. The number of nitrogens with zero attached hydrogens (tertiary/aromatic N) is 2. The molecule has 3 unspecified atom stereocenters. The molecule has 0 bridgehead atoms. The van der Waals surface area contributed by atoms with Gasteiger partial charge in [0.05, 0.1) is 17.6 Å². The van der Waals surface area contributed by atoms with Crippen molar-refractivity contribution in [2.75, 3.05) is 11.5 Å². The van der Waals surface area contributed by atoms with E-state index in [1.807, 2.05) is 12.2 Å². The molecule has 0 N–H and O–H groups in total. The van der Waals surface area contributed by atoms with Crippen LogP contribution in [0.3, 0.4) is 0 Å². The zero-order valence-electron chi connectivity index (χ0n) is 51.9. The van der Waals surface area contributed by atoms with Crippen LogP contribution in [0.15, 0.2) is 292 Å². The van der Waals surface area contributed by atoms with Crippen LogP contribution in [0.25, 0.3) is 95.3 Å². The summed E-state index contributed by atoms with van der Waals surface area (Å²) >= 11 is 0. The average molecular weight is 1160 g/mol. The Morgan fingerprint density at radius 1 is 0.411 bits per heavy atom. The minimum Gasteiger partial charge on any atom is -0.493 e. The number of benzene rings is 12. The first-order valence-corrected chi connectivity index (χ1v) is 31.8. The van der Waals surface area contributed by atoms with E-state index in [1.165, 1.54) is 99.7 Å². The van der Waals surface area contributed by atoms with E-state index in [1.54, 1.807) is 0 Å². The van der Waals surface area contributed by atoms with Crippen LogP contribution >= 0.6 is 0 Å². The largest absolute Gasteiger partial charge is 0.493 e. The average Bonchev–Trinajstić information content (AvgIpc) is 1.54. The summed E-state index contributed by atoms with van der Waals surface area (Å²) in [5.41, 5.74) is 27.4. The van der Waals surface area contributed by atoms with Crippen molar-refractivity contribution in [1.29, 1.82) is 0 Å². The van der Waals surface area contributed by atoms with E-state index >= 15 is 0 Å². The predicted octanol–water partition coefficient (Wildman–Crippen LogP) is 23.7. The topological polar surface area (TPSA) is 17.4 Å². The van der Waals surface area contributed by atoms with Gasteiger partial charge >= 0.3 is 0 Å². The smallest absolute Gasteiger partial charge is 0.119 e. The molecule has 1 heterocycles. The van der Waals surface area contributed by atoms with Gasteiger partial charge in [0, 0.05) is 38.9 Å². The molecule has 12 aromatic carbocycles. The predicted molar refractivity (Wildman–Crippen MR) is 383 cm³/mol. The highest BCUT2D eigenvalue weighted by atomic mass is 16.5. The van der Waals surface area contributed by atoms with Gasteiger partial charge < -0.3 is 14.2 Å². The van der Waals surface area contributed by atoms with Crippen LogP contribution in [0, 0.1) is 25.7 Å².